The molecule has 0 aliphatic carbocycles. The Morgan fingerprint density at radius 1 is 1.38 bits per heavy atom. The molecule has 2 N–H and O–H groups in total. The van der Waals surface area contributed by atoms with Crippen LogP contribution >= 0.6 is 0 Å². The first kappa shape index (κ1) is 11.9. The maximum absolute atomic E-state index is 11.6. The third-order valence-corrected chi connectivity index (χ3v) is 4.99. The summed E-state index contributed by atoms with van der Waals surface area (Å²) in [5.74, 6) is 0.807. The van der Waals surface area contributed by atoms with Crippen molar-refractivity contribution in [3.63, 3.8) is 0 Å². The standard InChI is InChI=1S/C10H18N2O3S/c13-10(4-8-5-11-6-8)12-9-2-1-3-16(14,15)7-9/h8-9,11H,1-7H2,(H,12,13). The molecule has 1 amide bonds. The van der Waals surface area contributed by atoms with Crippen LogP contribution in [-0.2, 0) is 14.6 Å². The van der Waals surface area contributed by atoms with Crippen LogP contribution in [0.2, 0.25) is 0 Å². The largest absolute Gasteiger partial charge is 0.352 e. The molecular weight excluding hydrogens is 228 g/mol. The van der Waals surface area contributed by atoms with E-state index in [1.54, 1.807) is 0 Å². The van der Waals surface area contributed by atoms with Crippen LogP contribution in [0.15, 0.2) is 0 Å². The zero-order chi connectivity index (χ0) is 11.6. The Labute approximate surface area is 95.9 Å². The van der Waals surface area contributed by atoms with Crippen molar-refractivity contribution >= 4 is 15.7 Å². The number of hydrogen-bond acceptors (Lipinski definition) is 4. The number of nitrogens with one attached hydrogen (secondary N) is 2. The van der Waals surface area contributed by atoms with Crippen LogP contribution in [0.4, 0.5) is 0 Å². The fraction of sp³-hybridized carbons (Fsp3) is 0.900. The minimum Gasteiger partial charge on any atom is -0.352 e. The molecule has 2 heterocycles. The molecule has 2 aliphatic rings. The van der Waals surface area contributed by atoms with Gasteiger partial charge in [0.05, 0.1) is 11.5 Å². The topological polar surface area (TPSA) is 75.3 Å². The maximum atomic E-state index is 11.6. The van der Waals surface area contributed by atoms with Gasteiger partial charge in [-0.3, -0.25) is 4.79 Å². The van der Waals surface area contributed by atoms with Gasteiger partial charge in [0.25, 0.3) is 0 Å². The molecule has 2 aliphatic heterocycles. The molecule has 5 nitrogen and oxygen atoms in total. The molecule has 0 aromatic heterocycles. The smallest absolute Gasteiger partial charge is 0.220 e. The summed E-state index contributed by atoms with van der Waals surface area (Å²) in [5, 5.41) is 5.94. The van der Waals surface area contributed by atoms with E-state index in [0.29, 0.717) is 18.8 Å². The van der Waals surface area contributed by atoms with E-state index in [0.717, 1.165) is 19.5 Å². The average molecular weight is 246 g/mol. The van der Waals surface area contributed by atoms with Crippen LogP contribution < -0.4 is 10.6 Å². The highest BCUT2D eigenvalue weighted by Crippen LogP contribution is 2.13. The van der Waals surface area contributed by atoms with Gasteiger partial charge in [-0.15, -0.1) is 0 Å². The summed E-state index contributed by atoms with van der Waals surface area (Å²) < 4.78 is 22.7. The van der Waals surface area contributed by atoms with E-state index >= 15 is 0 Å². The summed E-state index contributed by atoms with van der Waals surface area (Å²) in [5.41, 5.74) is 0. The second-order valence-electron chi connectivity index (χ2n) is 4.75. The van der Waals surface area contributed by atoms with E-state index in [4.69, 9.17) is 0 Å². The van der Waals surface area contributed by atoms with Gasteiger partial charge in [-0.25, -0.2) is 8.42 Å². The van der Waals surface area contributed by atoms with Crippen LogP contribution in [0.25, 0.3) is 0 Å². The van der Waals surface area contributed by atoms with Gasteiger partial charge in [0, 0.05) is 12.5 Å². The zero-order valence-corrected chi connectivity index (χ0v) is 10.1. The molecule has 2 fully saturated rings. The van der Waals surface area contributed by atoms with E-state index in [-0.39, 0.29) is 23.5 Å². The highest BCUT2D eigenvalue weighted by atomic mass is 32.2. The van der Waals surface area contributed by atoms with E-state index in [2.05, 4.69) is 10.6 Å². The van der Waals surface area contributed by atoms with Gasteiger partial charge in [-0.2, -0.15) is 0 Å². The minimum atomic E-state index is -2.92. The van der Waals surface area contributed by atoms with Crippen molar-refractivity contribution in [2.45, 2.75) is 25.3 Å². The summed E-state index contributed by atoms with van der Waals surface area (Å²) >= 11 is 0. The number of carbonyl (C=O) groups is 1. The summed E-state index contributed by atoms with van der Waals surface area (Å²) in [6.07, 6.45) is 1.97. The molecule has 0 radical (unpaired) electrons. The van der Waals surface area contributed by atoms with Crippen molar-refractivity contribution < 1.29 is 13.2 Å². The maximum Gasteiger partial charge on any atom is 0.220 e. The Kier molecular flexibility index (Phi) is 3.49. The molecule has 92 valence electrons. The molecule has 0 aromatic rings. The van der Waals surface area contributed by atoms with E-state index in [9.17, 15) is 13.2 Å². The summed E-state index contributed by atoms with van der Waals surface area (Å²) in [4.78, 5) is 11.6. The number of amides is 1. The average Bonchev–Trinajstić information content (AvgIpc) is 2.10. The van der Waals surface area contributed by atoms with Gasteiger partial charge in [-0.1, -0.05) is 0 Å². The quantitative estimate of drug-likeness (QED) is 0.690. The Morgan fingerprint density at radius 3 is 2.69 bits per heavy atom. The van der Waals surface area contributed by atoms with E-state index in [1.165, 1.54) is 0 Å². The van der Waals surface area contributed by atoms with Gasteiger partial charge >= 0.3 is 0 Å². The van der Waals surface area contributed by atoms with Crippen LogP contribution in [-0.4, -0.2) is 45.0 Å². The number of carbonyl (C=O) groups excluding carboxylic acids is 1. The molecule has 0 saturated carbocycles. The molecule has 1 atom stereocenters. The van der Waals surface area contributed by atoms with Crippen molar-refractivity contribution in [1.29, 1.82) is 0 Å². The zero-order valence-electron chi connectivity index (χ0n) is 9.24. The molecule has 6 heteroatoms. The van der Waals surface area contributed by atoms with Gasteiger partial charge in [0.15, 0.2) is 9.84 Å². The highest BCUT2D eigenvalue weighted by Gasteiger charge is 2.27. The molecule has 2 rings (SSSR count). The summed E-state index contributed by atoms with van der Waals surface area (Å²) in [6.45, 7) is 1.80. The monoisotopic (exact) mass is 246 g/mol. The van der Waals surface area contributed by atoms with Gasteiger partial charge in [-0.05, 0) is 31.8 Å². The molecule has 0 spiro atoms. The van der Waals surface area contributed by atoms with Gasteiger partial charge in [0.2, 0.25) is 5.91 Å². The van der Waals surface area contributed by atoms with Crippen LogP contribution in [0.3, 0.4) is 0 Å². The van der Waals surface area contributed by atoms with Crippen molar-refractivity contribution in [3.8, 4) is 0 Å². The number of rotatable bonds is 3. The number of sulfone groups is 1. The number of hydrogen-bond donors (Lipinski definition) is 2. The summed E-state index contributed by atoms with van der Waals surface area (Å²) in [6, 6.07) is -0.167. The van der Waals surface area contributed by atoms with Crippen molar-refractivity contribution in [2.75, 3.05) is 24.6 Å². The lowest BCUT2D eigenvalue weighted by Crippen LogP contribution is -2.48. The fourth-order valence-corrected chi connectivity index (χ4v) is 3.81. The predicted octanol–water partition coefficient (Wildman–Crippen LogP) is -0.711. The highest BCUT2D eigenvalue weighted by molar-refractivity contribution is 7.91. The van der Waals surface area contributed by atoms with Crippen LogP contribution in [0, 0.1) is 5.92 Å². The molecule has 16 heavy (non-hydrogen) atoms. The van der Waals surface area contributed by atoms with Crippen molar-refractivity contribution in [1.82, 2.24) is 10.6 Å². The van der Waals surface area contributed by atoms with Crippen LogP contribution in [0.1, 0.15) is 19.3 Å². The van der Waals surface area contributed by atoms with Crippen LogP contribution in [0.5, 0.6) is 0 Å². The summed E-state index contributed by atoms with van der Waals surface area (Å²) in [7, 11) is -2.92. The van der Waals surface area contributed by atoms with E-state index < -0.39 is 9.84 Å². The van der Waals surface area contributed by atoms with E-state index in [1.807, 2.05) is 0 Å². The molecular formula is C10H18N2O3S. The third kappa shape index (κ3) is 3.18. The normalized spacial score (nSPS) is 29.4. The first-order valence-electron chi connectivity index (χ1n) is 5.76. The molecule has 0 aromatic carbocycles. The second-order valence-corrected chi connectivity index (χ2v) is 6.98. The third-order valence-electron chi connectivity index (χ3n) is 3.17. The molecule has 0 bridgehead atoms. The lowest BCUT2D eigenvalue weighted by molar-refractivity contribution is -0.123. The van der Waals surface area contributed by atoms with Gasteiger partial charge < -0.3 is 10.6 Å². The molecule has 1 unspecified atom stereocenters. The Hall–Kier alpha value is -0.620. The van der Waals surface area contributed by atoms with Crippen molar-refractivity contribution in [3.05, 3.63) is 0 Å². The van der Waals surface area contributed by atoms with Crippen molar-refractivity contribution in [2.24, 2.45) is 5.92 Å². The first-order chi connectivity index (χ1) is 7.55. The molecule has 2 saturated heterocycles. The SMILES string of the molecule is O=C(CC1CNC1)NC1CCCS(=O)(=O)C1. The lowest BCUT2D eigenvalue weighted by atomic mass is 9.99. The Bertz CT molecular complexity index is 362. The lowest BCUT2D eigenvalue weighted by Gasteiger charge is -2.28. The predicted molar refractivity (Wildman–Crippen MR) is 60.8 cm³/mol. The first-order valence-corrected chi connectivity index (χ1v) is 7.58. The Morgan fingerprint density at radius 2 is 2.12 bits per heavy atom. The second kappa shape index (κ2) is 4.71. The minimum absolute atomic E-state index is 0.00593. The van der Waals surface area contributed by atoms with Gasteiger partial charge in [0.1, 0.15) is 0 Å². The Balaban J connectivity index is 1.77. The fourth-order valence-electron chi connectivity index (χ4n) is 2.18.